The minimum atomic E-state index is -4.12. The van der Waals surface area contributed by atoms with Gasteiger partial charge in [0.05, 0.1) is 28.3 Å². The summed E-state index contributed by atoms with van der Waals surface area (Å²) in [6.07, 6.45) is 2.45. The van der Waals surface area contributed by atoms with E-state index in [1.165, 1.54) is 21.8 Å². The van der Waals surface area contributed by atoms with Gasteiger partial charge >= 0.3 is 0 Å². The molecule has 0 saturated carbocycles. The van der Waals surface area contributed by atoms with Crippen LogP contribution in [-0.2, 0) is 26.8 Å². The molecule has 0 aliphatic carbocycles. The summed E-state index contributed by atoms with van der Waals surface area (Å²) >= 11 is 11.1. The number of thiazole rings is 1. The van der Waals surface area contributed by atoms with Crippen LogP contribution in [0.1, 0.15) is 17.8 Å². The van der Waals surface area contributed by atoms with Gasteiger partial charge in [-0.1, -0.05) is 52.9 Å². The average Bonchev–Trinajstić information content (AvgIpc) is 3.63. The lowest BCUT2D eigenvalue weighted by molar-refractivity contribution is -0.668. The minimum absolute atomic E-state index is 0.209. The van der Waals surface area contributed by atoms with Gasteiger partial charge in [-0.05, 0) is 59.3 Å². The Labute approximate surface area is 266 Å². The van der Waals surface area contributed by atoms with Gasteiger partial charge in [-0.25, -0.2) is 0 Å². The molecule has 1 aliphatic heterocycles. The van der Waals surface area contributed by atoms with Gasteiger partial charge < -0.3 is 4.90 Å². The molecule has 3 aromatic carbocycles. The normalized spacial score (nSPS) is 14.8. The van der Waals surface area contributed by atoms with E-state index in [4.69, 9.17) is 11.6 Å². The molecule has 0 bridgehead atoms. The Bertz CT molecular complexity index is 2100. The Morgan fingerprint density at radius 3 is 2.49 bits per heavy atom. The third-order valence-corrected chi connectivity index (χ3v) is 12.0. The average molecular weight is 694 g/mol. The highest BCUT2D eigenvalue weighted by Crippen LogP contribution is 2.48. The van der Waals surface area contributed by atoms with Crippen LogP contribution in [0.3, 0.4) is 0 Å². The summed E-state index contributed by atoms with van der Waals surface area (Å²) < 4.78 is 68.9. The summed E-state index contributed by atoms with van der Waals surface area (Å²) in [4.78, 5) is 2.96. The van der Waals surface area contributed by atoms with Crippen molar-refractivity contribution in [3.63, 3.8) is 0 Å². The molecule has 0 amide bonds. The lowest BCUT2D eigenvalue weighted by Crippen LogP contribution is -2.36. The second-order valence-electron chi connectivity index (χ2n) is 10.0. The van der Waals surface area contributed by atoms with Crippen molar-refractivity contribution in [1.29, 1.82) is 0 Å². The van der Waals surface area contributed by atoms with Crippen molar-refractivity contribution in [3.05, 3.63) is 81.1 Å². The van der Waals surface area contributed by atoms with Crippen molar-refractivity contribution >= 4 is 98.3 Å². The number of rotatable bonds is 10. The highest BCUT2D eigenvalue weighted by Gasteiger charge is 2.29. The van der Waals surface area contributed by atoms with Crippen LogP contribution in [0.4, 0.5) is 5.69 Å². The lowest BCUT2D eigenvalue weighted by Gasteiger charge is -2.20. The molecule has 8 nitrogen and oxygen atoms in total. The zero-order valence-corrected chi connectivity index (χ0v) is 27.4. The van der Waals surface area contributed by atoms with Crippen LogP contribution in [0.5, 0.6) is 0 Å². The topological polar surface area (TPSA) is 116 Å². The summed E-state index contributed by atoms with van der Waals surface area (Å²) in [5.74, 6) is -0.725. The molecule has 224 valence electrons. The highest BCUT2D eigenvalue weighted by molar-refractivity contribution is 8.04. The molecule has 0 atom stereocenters. The quantitative estimate of drug-likeness (QED) is 0.117. The SMILES string of the molecule is O=S(=O)(O)CCCN1C(=Cc2sc3ccc(-c4cccc5sccc45)cc3[n+]2CCCS(=O)(=O)O)Sc2ccc(Cl)cc21. The van der Waals surface area contributed by atoms with E-state index >= 15 is 0 Å². The van der Waals surface area contributed by atoms with Crippen molar-refractivity contribution in [2.24, 2.45) is 0 Å². The van der Waals surface area contributed by atoms with Gasteiger partial charge in [-0.3, -0.25) is 9.11 Å². The maximum atomic E-state index is 11.5. The maximum Gasteiger partial charge on any atom is 0.265 e. The number of thiophene rings is 1. The molecule has 3 heterocycles. The van der Waals surface area contributed by atoms with Crippen molar-refractivity contribution in [2.75, 3.05) is 23.0 Å². The lowest BCUT2D eigenvalue weighted by atomic mass is 10.0. The first-order chi connectivity index (χ1) is 20.4. The van der Waals surface area contributed by atoms with Crippen LogP contribution in [-0.4, -0.2) is 44.0 Å². The summed E-state index contributed by atoms with van der Waals surface area (Å²) in [5, 5.41) is 5.52. The van der Waals surface area contributed by atoms with Crippen LogP contribution in [0.25, 0.3) is 37.5 Å². The molecular weight excluding hydrogens is 668 g/mol. The predicted octanol–water partition coefficient (Wildman–Crippen LogP) is 7.19. The van der Waals surface area contributed by atoms with E-state index in [0.717, 1.165) is 42.0 Å². The van der Waals surface area contributed by atoms with Crippen molar-refractivity contribution in [3.8, 4) is 11.1 Å². The van der Waals surface area contributed by atoms with Crippen LogP contribution >= 0.6 is 46.0 Å². The van der Waals surface area contributed by atoms with E-state index in [1.54, 1.807) is 28.7 Å². The van der Waals surface area contributed by atoms with E-state index in [2.05, 4.69) is 46.3 Å². The van der Waals surface area contributed by atoms with Crippen molar-refractivity contribution < 1.29 is 30.5 Å². The fourth-order valence-corrected chi connectivity index (χ4v) is 9.43. The number of fused-ring (bicyclic) bond motifs is 3. The minimum Gasteiger partial charge on any atom is -0.335 e. The molecule has 2 N–H and O–H groups in total. The van der Waals surface area contributed by atoms with Gasteiger partial charge in [0.2, 0.25) is 5.52 Å². The Hall–Kier alpha value is -2.49. The third kappa shape index (κ3) is 6.94. The molecule has 0 unspecified atom stereocenters. The Kier molecular flexibility index (Phi) is 8.61. The number of hydrogen-bond acceptors (Lipinski definition) is 8. The Balaban J connectivity index is 1.44. The number of aromatic nitrogens is 1. The molecule has 0 radical (unpaired) electrons. The second kappa shape index (κ2) is 12.1. The fourth-order valence-electron chi connectivity index (χ4n) is 5.18. The molecule has 43 heavy (non-hydrogen) atoms. The number of aryl methyl sites for hydroxylation is 1. The number of hydrogen-bond donors (Lipinski definition) is 2. The smallest absolute Gasteiger partial charge is 0.265 e. The third-order valence-electron chi connectivity index (χ3n) is 7.04. The van der Waals surface area contributed by atoms with Crippen LogP contribution in [0.2, 0.25) is 5.02 Å². The standard InChI is InChI=1S/C29H25ClN2O6S5/c30-20-7-9-27-24(17-20)32(12-3-15-43(36,37)38)29(41-27)18-28-31(11-2-14-42(33,34)35)23-16-19(6-8-26(23)40-28)21-4-1-5-25-22(21)10-13-39-25/h1,4-10,13,16-18H,2-3,11-12,14-15H2,(H-,33,34,35,36,37,38)/p+1. The number of nitrogens with zero attached hydrogens (tertiary/aromatic N) is 2. The largest absolute Gasteiger partial charge is 0.335 e. The molecular formula is C29H26ClN2O6S5+. The molecule has 0 fully saturated rings. The summed E-state index contributed by atoms with van der Waals surface area (Å²) in [6, 6.07) is 20.2. The van der Waals surface area contributed by atoms with Crippen LogP contribution in [0, 0.1) is 0 Å². The molecule has 0 spiro atoms. The van der Waals surface area contributed by atoms with Crippen molar-refractivity contribution in [2.45, 2.75) is 24.3 Å². The number of anilines is 1. The van der Waals surface area contributed by atoms with Gasteiger partial charge in [0.1, 0.15) is 4.70 Å². The monoisotopic (exact) mass is 693 g/mol. The summed E-state index contributed by atoms with van der Waals surface area (Å²) in [5.41, 5.74) is 3.95. The number of halogens is 1. The first-order valence-corrected chi connectivity index (χ1v) is 19.4. The molecule has 5 aromatic rings. The molecule has 0 saturated heterocycles. The maximum absolute atomic E-state index is 11.5. The molecule has 6 rings (SSSR count). The highest BCUT2D eigenvalue weighted by atomic mass is 35.5. The van der Waals surface area contributed by atoms with Crippen molar-refractivity contribution in [1.82, 2.24) is 0 Å². The Morgan fingerprint density at radius 2 is 1.70 bits per heavy atom. The zero-order valence-electron chi connectivity index (χ0n) is 22.5. The van der Waals surface area contributed by atoms with Gasteiger partial charge in [0.25, 0.3) is 25.2 Å². The first-order valence-electron chi connectivity index (χ1n) is 13.3. The second-order valence-corrected chi connectivity index (χ2v) is 16.7. The van der Waals surface area contributed by atoms with E-state index < -0.39 is 20.2 Å². The van der Waals surface area contributed by atoms with E-state index in [9.17, 15) is 25.9 Å². The zero-order chi connectivity index (χ0) is 30.4. The van der Waals surface area contributed by atoms with E-state index in [0.29, 0.717) is 18.1 Å². The summed E-state index contributed by atoms with van der Waals surface area (Å²) in [6.45, 7) is 0.700. The van der Waals surface area contributed by atoms with Gasteiger partial charge in [0, 0.05) is 39.0 Å². The number of benzene rings is 3. The van der Waals surface area contributed by atoms with Gasteiger partial charge in [-0.15, -0.1) is 11.3 Å². The van der Waals surface area contributed by atoms with Gasteiger partial charge in [-0.2, -0.15) is 21.4 Å². The molecule has 2 aromatic heterocycles. The number of thioether (sulfide) groups is 1. The summed E-state index contributed by atoms with van der Waals surface area (Å²) in [7, 11) is -8.24. The van der Waals surface area contributed by atoms with Gasteiger partial charge in [0.15, 0.2) is 6.54 Å². The van der Waals surface area contributed by atoms with E-state index in [1.807, 2.05) is 29.2 Å². The molecule has 1 aliphatic rings. The Morgan fingerprint density at radius 1 is 0.907 bits per heavy atom. The molecule has 14 heteroatoms. The predicted molar refractivity (Wildman–Crippen MR) is 178 cm³/mol. The fraction of sp³-hybridized carbons (Fsp3) is 0.207. The van der Waals surface area contributed by atoms with Crippen LogP contribution in [0.15, 0.2) is 76.0 Å². The van der Waals surface area contributed by atoms with Crippen LogP contribution < -0.4 is 9.47 Å². The first kappa shape index (κ1) is 30.5. The van der Waals surface area contributed by atoms with E-state index in [-0.39, 0.29) is 24.3 Å².